The van der Waals surface area contributed by atoms with Crippen LogP contribution in [-0.2, 0) is 29.0 Å². The van der Waals surface area contributed by atoms with Gasteiger partial charge in [-0.3, -0.25) is 9.59 Å². The van der Waals surface area contributed by atoms with Crippen molar-refractivity contribution in [2.45, 2.75) is 25.4 Å². The third-order valence-corrected chi connectivity index (χ3v) is 4.91. The van der Waals surface area contributed by atoms with Crippen LogP contribution in [-0.4, -0.2) is 29.8 Å². The number of benzene rings is 3. The Hall–Kier alpha value is -3.40. The van der Waals surface area contributed by atoms with Crippen molar-refractivity contribution >= 4 is 11.8 Å². The van der Waals surface area contributed by atoms with Gasteiger partial charge in [-0.2, -0.15) is 0 Å². The van der Waals surface area contributed by atoms with Crippen LogP contribution in [0.2, 0.25) is 0 Å². The zero-order valence-electron chi connectivity index (χ0n) is 16.6. The van der Waals surface area contributed by atoms with Crippen LogP contribution < -0.4 is 5.32 Å². The molecular weight excluding hydrogens is 360 g/mol. The molecule has 0 spiro atoms. The molecule has 0 saturated heterocycles. The third-order valence-electron chi connectivity index (χ3n) is 4.91. The second-order valence-corrected chi connectivity index (χ2v) is 6.99. The van der Waals surface area contributed by atoms with E-state index in [1.165, 1.54) is 0 Å². The van der Waals surface area contributed by atoms with Crippen molar-refractivity contribution in [3.63, 3.8) is 0 Å². The molecule has 4 nitrogen and oxygen atoms in total. The summed E-state index contributed by atoms with van der Waals surface area (Å²) < 4.78 is 0. The molecule has 1 atom stereocenters. The standard InChI is InChI=1S/C25H26N2O2/c1-26-25(29)23(17-20-11-5-2-6-12-20)27(19-22-15-9-4-10-16-22)24(28)18-21-13-7-3-8-14-21/h2-16,23H,17-19H2,1H3,(H,26,29)/t23-/m0/s1. The van der Waals surface area contributed by atoms with Crippen LogP contribution in [0.1, 0.15) is 16.7 Å². The molecule has 0 aliphatic heterocycles. The van der Waals surface area contributed by atoms with Crippen LogP contribution in [0.15, 0.2) is 91.0 Å². The van der Waals surface area contributed by atoms with Gasteiger partial charge in [-0.15, -0.1) is 0 Å². The number of amides is 2. The first-order valence-electron chi connectivity index (χ1n) is 9.80. The highest BCUT2D eigenvalue weighted by atomic mass is 16.2. The summed E-state index contributed by atoms with van der Waals surface area (Å²) in [5.74, 6) is -0.226. The molecule has 0 saturated carbocycles. The van der Waals surface area contributed by atoms with Gasteiger partial charge >= 0.3 is 0 Å². The molecule has 4 heteroatoms. The minimum Gasteiger partial charge on any atom is -0.357 e. The smallest absolute Gasteiger partial charge is 0.242 e. The molecule has 3 aromatic rings. The number of likely N-dealkylation sites (N-methyl/N-ethyl adjacent to an activating group) is 1. The van der Waals surface area contributed by atoms with Gasteiger partial charge in [-0.05, 0) is 16.7 Å². The van der Waals surface area contributed by atoms with Crippen molar-refractivity contribution in [3.8, 4) is 0 Å². The summed E-state index contributed by atoms with van der Waals surface area (Å²) in [5.41, 5.74) is 2.95. The normalized spacial score (nSPS) is 11.5. The number of nitrogens with one attached hydrogen (secondary N) is 1. The SMILES string of the molecule is CNC(=O)[C@H](Cc1ccccc1)N(Cc1ccccc1)C(=O)Cc1ccccc1. The third kappa shape index (κ3) is 5.79. The molecule has 0 radical (unpaired) electrons. The van der Waals surface area contributed by atoms with Crippen molar-refractivity contribution in [2.24, 2.45) is 0 Å². The summed E-state index contributed by atoms with van der Waals surface area (Å²) in [5, 5.41) is 2.74. The molecule has 3 rings (SSSR count). The van der Waals surface area contributed by atoms with E-state index in [0.717, 1.165) is 16.7 Å². The average molecular weight is 386 g/mol. The molecule has 0 aromatic heterocycles. The zero-order chi connectivity index (χ0) is 20.5. The van der Waals surface area contributed by atoms with Crippen molar-refractivity contribution in [1.82, 2.24) is 10.2 Å². The number of nitrogens with zero attached hydrogens (tertiary/aromatic N) is 1. The zero-order valence-corrected chi connectivity index (χ0v) is 16.6. The highest BCUT2D eigenvalue weighted by Gasteiger charge is 2.29. The lowest BCUT2D eigenvalue weighted by atomic mass is 10.0. The summed E-state index contributed by atoms with van der Waals surface area (Å²) in [6, 6.07) is 28.7. The second kappa shape index (κ2) is 10.2. The monoisotopic (exact) mass is 386 g/mol. The van der Waals surface area contributed by atoms with Crippen LogP contribution in [0.5, 0.6) is 0 Å². The van der Waals surface area contributed by atoms with E-state index in [4.69, 9.17) is 0 Å². The molecule has 29 heavy (non-hydrogen) atoms. The topological polar surface area (TPSA) is 49.4 Å². The summed E-state index contributed by atoms with van der Waals surface area (Å²) in [7, 11) is 1.61. The van der Waals surface area contributed by atoms with E-state index >= 15 is 0 Å². The van der Waals surface area contributed by atoms with Crippen molar-refractivity contribution in [2.75, 3.05) is 7.05 Å². The van der Waals surface area contributed by atoms with Crippen LogP contribution >= 0.6 is 0 Å². The fourth-order valence-corrected chi connectivity index (χ4v) is 3.37. The Bertz CT molecular complexity index is 911. The Labute approximate surface area is 172 Å². The Morgan fingerprint density at radius 1 is 0.759 bits per heavy atom. The van der Waals surface area contributed by atoms with Gasteiger partial charge in [0.2, 0.25) is 11.8 Å². The van der Waals surface area contributed by atoms with Gasteiger partial charge in [-0.25, -0.2) is 0 Å². The van der Waals surface area contributed by atoms with Gasteiger partial charge in [-0.1, -0.05) is 91.0 Å². The Kier molecular flexibility index (Phi) is 7.17. The van der Waals surface area contributed by atoms with E-state index in [9.17, 15) is 9.59 Å². The van der Waals surface area contributed by atoms with Crippen LogP contribution in [0.25, 0.3) is 0 Å². The largest absolute Gasteiger partial charge is 0.357 e. The minimum absolute atomic E-state index is 0.0652. The Morgan fingerprint density at radius 3 is 1.76 bits per heavy atom. The van der Waals surface area contributed by atoms with E-state index in [1.807, 2.05) is 91.0 Å². The summed E-state index contributed by atoms with van der Waals surface area (Å²) >= 11 is 0. The first-order chi connectivity index (χ1) is 14.2. The first-order valence-corrected chi connectivity index (χ1v) is 9.80. The lowest BCUT2D eigenvalue weighted by molar-refractivity contribution is -0.140. The number of rotatable bonds is 8. The van der Waals surface area contributed by atoms with Gasteiger partial charge in [0.1, 0.15) is 6.04 Å². The molecule has 0 aliphatic carbocycles. The number of hydrogen-bond acceptors (Lipinski definition) is 2. The van der Waals surface area contributed by atoms with Gasteiger partial charge < -0.3 is 10.2 Å². The van der Waals surface area contributed by atoms with Gasteiger partial charge in [0, 0.05) is 20.0 Å². The second-order valence-electron chi connectivity index (χ2n) is 6.99. The molecule has 0 unspecified atom stereocenters. The maximum absolute atomic E-state index is 13.3. The fourth-order valence-electron chi connectivity index (χ4n) is 3.37. The number of carbonyl (C=O) groups is 2. The minimum atomic E-state index is -0.584. The molecule has 0 heterocycles. The van der Waals surface area contributed by atoms with E-state index in [2.05, 4.69) is 5.32 Å². The van der Waals surface area contributed by atoms with Gasteiger partial charge in [0.05, 0.1) is 6.42 Å². The van der Waals surface area contributed by atoms with Gasteiger partial charge in [0.15, 0.2) is 0 Å². The lowest BCUT2D eigenvalue weighted by Gasteiger charge is -2.31. The molecule has 0 fully saturated rings. The first kappa shape index (κ1) is 20.3. The molecule has 3 aromatic carbocycles. The molecule has 148 valence electrons. The summed E-state index contributed by atoms with van der Waals surface area (Å²) in [6.45, 7) is 0.386. The van der Waals surface area contributed by atoms with Crippen LogP contribution in [0.4, 0.5) is 0 Å². The Balaban J connectivity index is 1.91. The van der Waals surface area contributed by atoms with Gasteiger partial charge in [0.25, 0.3) is 0 Å². The van der Waals surface area contributed by atoms with Crippen LogP contribution in [0.3, 0.4) is 0 Å². The summed E-state index contributed by atoms with van der Waals surface area (Å²) in [6.07, 6.45) is 0.726. The Morgan fingerprint density at radius 2 is 1.24 bits per heavy atom. The van der Waals surface area contributed by atoms with Crippen molar-refractivity contribution in [3.05, 3.63) is 108 Å². The maximum Gasteiger partial charge on any atom is 0.242 e. The van der Waals surface area contributed by atoms with Crippen molar-refractivity contribution in [1.29, 1.82) is 0 Å². The number of hydrogen-bond donors (Lipinski definition) is 1. The lowest BCUT2D eigenvalue weighted by Crippen LogP contribution is -2.50. The number of carbonyl (C=O) groups excluding carboxylic acids is 2. The fraction of sp³-hybridized carbons (Fsp3) is 0.200. The molecular formula is C25H26N2O2. The molecule has 0 bridgehead atoms. The van der Waals surface area contributed by atoms with E-state index in [0.29, 0.717) is 13.0 Å². The van der Waals surface area contributed by atoms with Crippen molar-refractivity contribution < 1.29 is 9.59 Å². The maximum atomic E-state index is 13.3. The predicted molar refractivity (Wildman–Crippen MR) is 115 cm³/mol. The highest BCUT2D eigenvalue weighted by Crippen LogP contribution is 2.16. The van der Waals surface area contributed by atoms with E-state index in [-0.39, 0.29) is 18.2 Å². The van der Waals surface area contributed by atoms with E-state index < -0.39 is 6.04 Å². The van der Waals surface area contributed by atoms with Crippen LogP contribution in [0, 0.1) is 0 Å². The predicted octanol–water partition coefficient (Wildman–Crippen LogP) is 3.62. The summed E-state index contributed by atoms with van der Waals surface area (Å²) in [4.78, 5) is 27.8. The van der Waals surface area contributed by atoms with E-state index in [1.54, 1.807) is 11.9 Å². The average Bonchev–Trinajstić information content (AvgIpc) is 2.77. The quantitative estimate of drug-likeness (QED) is 0.643. The molecule has 2 amide bonds. The highest BCUT2D eigenvalue weighted by molar-refractivity contribution is 5.88. The molecule has 1 N–H and O–H groups in total. The molecule has 0 aliphatic rings.